The van der Waals surface area contributed by atoms with Gasteiger partial charge in [0.1, 0.15) is 6.33 Å². The van der Waals surface area contributed by atoms with E-state index >= 15 is 0 Å². The van der Waals surface area contributed by atoms with Crippen molar-refractivity contribution < 1.29 is 14.4 Å². The second-order valence-electron chi connectivity index (χ2n) is 4.93. The molecule has 0 aliphatic carbocycles. The molecular formula is C13H17N7O4. The van der Waals surface area contributed by atoms with Crippen LogP contribution in [0.5, 0.6) is 11.5 Å². The Labute approximate surface area is 137 Å². The fourth-order valence-corrected chi connectivity index (χ4v) is 1.81. The number of methoxy groups -OCH3 is 1. The van der Waals surface area contributed by atoms with Gasteiger partial charge in [-0.1, -0.05) is 0 Å². The first-order valence-electron chi connectivity index (χ1n) is 6.89. The molecule has 0 spiro atoms. The van der Waals surface area contributed by atoms with Crippen LogP contribution in [0.3, 0.4) is 0 Å². The van der Waals surface area contributed by atoms with Gasteiger partial charge in [-0.2, -0.15) is 5.10 Å². The van der Waals surface area contributed by atoms with Gasteiger partial charge >= 0.3 is 5.69 Å². The minimum absolute atomic E-state index is 0.0734. The first-order chi connectivity index (χ1) is 11.4. The molecule has 1 heterocycles. The summed E-state index contributed by atoms with van der Waals surface area (Å²) in [5.41, 5.74) is 2.79. The predicted molar refractivity (Wildman–Crippen MR) is 86.8 cm³/mol. The normalized spacial score (nSPS) is 11.0. The highest BCUT2D eigenvalue weighted by Crippen LogP contribution is 2.38. The number of benzene rings is 1. The van der Waals surface area contributed by atoms with E-state index in [-0.39, 0.29) is 29.2 Å². The smallest absolute Gasteiger partial charge is 0.315 e. The molecule has 0 aliphatic heterocycles. The third-order valence-electron chi connectivity index (χ3n) is 2.78. The van der Waals surface area contributed by atoms with Gasteiger partial charge in [0.05, 0.1) is 24.4 Å². The second-order valence-corrected chi connectivity index (χ2v) is 4.93. The number of hydrogen-bond acceptors (Lipinski definition) is 9. The van der Waals surface area contributed by atoms with Gasteiger partial charge in [0, 0.05) is 11.6 Å². The van der Waals surface area contributed by atoms with E-state index in [0.717, 1.165) is 4.68 Å². The standard InChI is InChI=1S/C13H17N7O4/c1-8(2)24-12-10(20(21)22)4-9(5-11(12)23-3)6-15-17-13-18-16-7-19(13)14/h4-8H,14H2,1-3H3,(H,17,18)/b15-6+. The largest absolute Gasteiger partial charge is 0.493 e. The van der Waals surface area contributed by atoms with Crippen molar-refractivity contribution in [3.63, 3.8) is 0 Å². The number of nitro benzene ring substituents is 1. The zero-order chi connectivity index (χ0) is 17.7. The molecule has 0 saturated heterocycles. The molecule has 1 aromatic carbocycles. The monoisotopic (exact) mass is 335 g/mol. The number of hydrogen-bond donors (Lipinski definition) is 2. The molecule has 0 aliphatic rings. The van der Waals surface area contributed by atoms with Crippen molar-refractivity contribution in [2.75, 3.05) is 18.4 Å². The van der Waals surface area contributed by atoms with E-state index in [2.05, 4.69) is 20.7 Å². The maximum Gasteiger partial charge on any atom is 0.315 e. The van der Waals surface area contributed by atoms with Gasteiger partial charge in [0.15, 0.2) is 5.75 Å². The molecule has 2 aromatic rings. The van der Waals surface area contributed by atoms with Crippen molar-refractivity contribution in [3.8, 4) is 11.5 Å². The third-order valence-corrected chi connectivity index (χ3v) is 2.78. The Hall–Kier alpha value is -3.37. The summed E-state index contributed by atoms with van der Waals surface area (Å²) in [7, 11) is 1.41. The summed E-state index contributed by atoms with van der Waals surface area (Å²) in [6.07, 6.45) is 2.42. The van der Waals surface area contributed by atoms with Gasteiger partial charge in [-0.25, -0.2) is 10.1 Å². The summed E-state index contributed by atoms with van der Waals surface area (Å²) >= 11 is 0. The lowest BCUT2D eigenvalue weighted by atomic mass is 10.2. The SMILES string of the molecule is COc1cc(/C=N/Nc2nncn2N)cc([N+](=O)[O-])c1OC(C)C. The molecule has 0 bridgehead atoms. The molecule has 0 saturated carbocycles. The van der Waals surface area contributed by atoms with Crippen LogP contribution in [-0.4, -0.2) is 39.2 Å². The molecule has 0 amide bonds. The summed E-state index contributed by atoms with van der Waals surface area (Å²) in [6, 6.07) is 2.90. The molecule has 0 fully saturated rings. The van der Waals surface area contributed by atoms with Crippen LogP contribution in [0.1, 0.15) is 19.4 Å². The van der Waals surface area contributed by atoms with Gasteiger partial charge < -0.3 is 15.3 Å². The fraction of sp³-hybridized carbons (Fsp3) is 0.308. The number of hydrazone groups is 1. The lowest BCUT2D eigenvalue weighted by Gasteiger charge is -2.14. The molecule has 0 unspecified atom stereocenters. The molecule has 1 aromatic heterocycles. The first-order valence-corrected chi connectivity index (χ1v) is 6.89. The van der Waals surface area contributed by atoms with Crippen LogP contribution in [0.2, 0.25) is 0 Å². The summed E-state index contributed by atoms with van der Waals surface area (Å²) in [5.74, 6) is 6.05. The number of nitrogens with zero attached hydrogens (tertiary/aromatic N) is 5. The molecule has 11 heteroatoms. The molecule has 3 N–H and O–H groups in total. The average Bonchev–Trinajstić information content (AvgIpc) is 2.92. The summed E-state index contributed by atoms with van der Waals surface area (Å²) < 4.78 is 11.8. The number of nitro groups is 1. The summed E-state index contributed by atoms with van der Waals surface area (Å²) in [4.78, 5) is 10.8. The Kier molecular flexibility index (Phi) is 5.14. The Morgan fingerprint density at radius 3 is 2.79 bits per heavy atom. The third kappa shape index (κ3) is 3.88. The number of rotatable bonds is 7. The van der Waals surface area contributed by atoms with Crippen molar-refractivity contribution >= 4 is 17.9 Å². The molecule has 11 nitrogen and oxygen atoms in total. The van der Waals surface area contributed by atoms with Crippen molar-refractivity contribution in [3.05, 3.63) is 34.1 Å². The average molecular weight is 335 g/mol. The van der Waals surface area contributed by atoms with E-state index in [0.29, 0.717) is 5.56 Å². The van der Waals surface area contributed by atoms with Gasteiger partial charge in [-0.05, 0) is 19.9 Å². The molecule has 0 atom stereocenters. The maximum atomic E-state index is 11.3. The Morgan fingerprint density at radius 2 is 2.25 bits per heavy atom. The van der Waals surface area contributed by atoms with E-state index in [1.165, 1.54) is 25.7 Å². The molecule has 128 valence electrons. The van der Waals surface area contributed by atoms with Crippen LogP contribution in [-0.2, 0) is 0 Å². The number of nitrogens with one attached hydrogen (secondary N) is 1. The highest BCUT2D eigenvalue weighted by molar-refractivity contribution is 5.83. The fourth-order valence-electron chi connectivity index (χ4n) is 1.81. The first kappa shape index (κ1) is 17.0. The zero-order valence-corrected chi connectivity index (χ0v) is 13.3. The van der Waals surface area contributed by atoms with E-state index in [9.17, 15) is 10.1 Å². The number of nitrogen functional groups attached to an aromatic ring is 1. The Bertz CT molecular complexity index is 757. The van der Waals surface area contributed by atoms with Gasteiger partial charge in [0.2, 0.25) is 5.75 Å². The highest BCUT2D eigenvalue weighted by Gasteiger charge is 2.22. The van der Waals surface area contributed by atoms with Crippen molar-refractivity contribution in [1.29, 1.82) is 0 Å². The quantitative estimate of drug-likeness (QED) is 0.332. The summed E-state index contributed by atoms with van der Waals surface area (Å²) in [6.45, 7) is 3.54. The molecule has 24 heavy (non-hydrogen) atoms. The topological polar surface area (TPSA) is 143 Å². The Balaban J connectivity index is 2.32. The van der Waals surface area contributed by atoms with E-state index < -0.39 is 4.92 Å². The van der Waals surface area contributed by atoms with Crippen LogP contribution >= 0.6 is 0 Å². The highest BCUT2D eigenvalue weighted by atomic mass is 16.6. The minimum atomic E-state index is -0.540. The van der Waals surface area contributed by atoms with Crippen LogP contribution in [0.15, 0.2) is 23.6 Å². The lowest BCUT2D eigenvalue weighted by Crippen LogP contribution is -2.10. The predicted octanol–water partition coefficient (Wildman–Crippen LogP) is 1.14. The van der Waals surface area contributed by atoms with Crippen LogP contribution in [0.25, 0.3) is 0 Å². The molecular weight excluding hydrogens is 318 g/mol. The van der Waals surface area contributed by atoms with Crippen LogP contribution < -0.4 is 20.7 Å². The summed E-state index contributed by atoms with van der Waals surface area (Å²) in [5, 5.41) is 22.5. The number of nitrogens with two attached hydrogens (primary N) is 1. The van der Waals surface area contributed by atoms with Crippen molar-refractivity contribution in [2.24, 2.45) is 5.10 Å². The minimum Gasteiger partial charge on any atom is -0.493 e. The van der Waals surface area contributed by atoms with Gasteiger partial charge in [-0.15, -0.1) is 10.2 Å². The van der Waals surface area contributed by atoms with E-state index in [1.54, 1.807) is 19.9 Å². The molecule has 2 rings (SSSR count). The second kappa shape index (κ2) is 7.26. The Morgan fingerprint density at radius 1 is 1.50 bits per heavy atom. The maximum absolute atomic E-state index is 11.3. The number of ether oxygens (including phenoxy) is 2. The van der Waals surface area contributed by atoms with Crippen LogP contribution in [0, 0.1) is 10.1 Å². The lowest BCUT2D eigenvalue weighted by molar-refractivity contribution is -0.386. The van der Waals surface area contributed by atoms with E-state index in [4.69, 9.17) is 15.3 Å². The van der Waals surface area contributed by atoms with Crippen LogP contribution in [0.4, 0.5) is 11.6 Å². The molecule has 0 radical (unpaired) electrons. The van der Waals surface area contributed by atoms with E-state index in [1.807, 2.05) is 0 Å². The zero-order valence-electron chi connectivity index (χ0n) is 13.3. The van der Waals surface area contributed by atoms with Gasteiger partial charge in [-0.3, -0.25) is 10.1 Å². The van der Waals surface area contributed by atoms with Crippen molar-refractivity contribution in [2.45, 2.75) is 20.0 Å². The number of anilines is 1. The van der Waals surface area contributed by atoms with Crippen molar-refractivity contribution in [1.82, 2.24) is 14.9 Å². The number of aromatic nitrogens is 3. The van der Waals surface area contributed by atoms with Gasteiger partial charge in [0.25, 0.3) is 5.95 Å².